The van der Waals surface area contributed by atoms with E-state index >= 15 is 0 Å². The Hall–Kier alpha value is -1.50. The fraction of sp³-hybridized carbons (Fsp3) is 0.650. The van der Waals surface area contributed by atoms with Crippen LogP contribution >= 0.6 is 0 Å². The van der Waals surface area contributed by atoms with Crippen molar-refractivity contribution in [1.82, 2.24) is 9.80 Å². The first-order valence-electron chi connectivity index (χ1n) is 9.51. The quantitative estimate of drug-likeness (QED) is 0.725. The van der Waals surface area contributed by atoms with Gasteiger partial charge in [-0.2, -0.15) is 0 Å². The number of likely N-dealkylation sites (tertiary alicyclic amines) is 1. The number of esters is 1. The van der Waals surface area contributed by atoms with E-state index in [0.29, 0.717) is 18.4 Å². The Morgan fingerprint density at radius 1 is 1.31 bits per heavy atom. The van der Waals surface area contributed by atoms with Gasteiger partial charge in [0, 0.05) is 38.6 Å². The number of piperidine rings is 1. The maximum absolute atomic E-state index is 13.5. The van der Waals surface area contributed by atoms with Crippen molar-refractivity contribution in [3.8, 4) is 0 Å². The number of hydrogen-bond donors (Lipinski definition) is 0. The van der Waals surface area contributed by atoms with Gasteiger partial charge in [-0.25, -0.2) is 4.39 Å². The average Bonchev–Trinajstić information content (AvgIpc) is 2.67. The highest BCUT2D eigenvalue weighted by Gasteiger charge is 2.34. The summed E-state index contributed by atoms with van der Waals surface area (Å²) in [5.74, 6) is 0.0791. The van der Waals surface area contributed by atoms with E-state index in [1.807, 2.05) is 6.07 Å². The summed E-state index contributed by atoms with van der Waals surface area (Å²) in [5, 5.41) is 0. The van der Waals surface area contributed by atoms with Crippen LogP contribution in [0, 0.1) is 11.7 Å². The Morgan fingerprint density at radius 2 is 2.12 bits per heavy atom. The van der Waals surface area contributed by atoms with E-state index in [0.717, 1.165) is 64.3 Å². The number of hydrogen-bond acceptors (Lipinski definition) is 5. The van der Waals surface area contributed by atoms with Crippen LogP contribution in [0.2, 0.25) is 0 Å². The van der Waals surface area contributed by atoms with Gasteiger partial charge in [0.1, 0.15) is 5.82 Å². The van der Waals surface area contributed by atoms with E-state index in [-0.39, 0.29) is 11.8 Å². The number of benzene rings is 1. The lowest BCUT2D eigenvalue weighted by Crippen LogP contribution is -2.53. The van der Waals surface area contributed by atoms with Gasteiger partial charge in [-0.1, -0.05) is 12.1 Å². The highest BCUT2D eigenvalue weighted by atomic mass is 19.1. The summed E-state index contributed by atoms with van der Waals surface area (Å²) in [6.07, 6.45) is 2.35. The topological polar surface area (TPSA) is 42.0 Å². The van der Waals surface area contributed by atoms with Crippen LogP contribution in [0.5, 0.6) is 0 Å². The lowest BCUT2D eigenvalue weighted by atomic mass is 9.86. The Kier molecular flexibility index (Phi) is 7.00. The molecule has 2 aliphatic rings. The Labute approximate surface area is 155 Å². The monoisotopic (exact) mass is 364 g/mol. The van der Waals surface area contributed by atoms with Crippen LogP contribution < -0.4 is 0 Å². The standard InChI is InChI=1S/C20H29FN2O3/c1-25-20(24)6-5-17-15-22(14-16-3-2-4-18(21)13-16)8-7-19(17)23-9-11-26-12-10-23/h2-4,13,17,19H,5-12,14-15H2,1H3/t17-,19+/m1/s1. The molecule has 0 amide bonds. The zero-order valence-electron chi connectivity index (χ0n) is 15.5. The van der Waals surface area contributed by atoms with E-state index in [1.54, 1.807) is 12.1 Å². The maximum atomic E-state index is 13.5. The van der Waals surface area contributed by atoms with Gasteiger partial charge in [-0.05, 0) is 43.0 Å². The minimum absolute atomic E-state index is 0.145. The van der Waals surface area contributed by atoms with E-state index in [2.05, 4.69) is 9.80 Å². The summed E-state index contributed by atoms with van der Waals surface area (Å²) in [7, 11) is 1.44. The van der Waals surface area contributed by atoms with Crippen molar-refractivity contribution in [2.45, 2.75) is 31.8 Å². The molecule has 2 heterocycles. The van der Waals surface area contributed by atoms with Crippen LogP contribution in [0.4, 0.5) is 4.39 Å². The molecule has 0 aromatic heterocycles. The third-order valence-corrected chi connectivity index (χ3v) is 5.53. The highest BCUT2D eigenvalue weighted by Crippen LogP contribution is 2.28. The number of carbonyl (C=O) groups is 1. The minimum atomic E-state index is -0.187. The van der Waals surface area contributed by atoms with Crippen molar-refractivity contribution >= 4 is 5.97 Å². The predicted octanol–water partition coefficient (Wildman–Crippen LogP) is 2.30. The first kappa shape index (κ1) is 19.3. The van der Waals surface area contributed by atoms with Crippen molar-refractivity contribution in [1.29, 1.82) is 0 Å². The van der Waals surface area contributed by atoms with Gasteiger partial charge in [0.15, 0.2) is 0 Å². The summed E-state index contributed by atoms with van der Waals surface area (Å²) in [5.41, 5.74) is 1.00. The molecule has 144 valence electrons. The lowest BCUT2D eigenvalue weighted by molar-refractivity contribution is -0.141. The summed E-state index contributed by atoms with van der Waals surface area (Å²) < 4.78 is 23.8. The lowest BCUT2D eigenvalue weighted by Gasteiger charge is -2.45. The summed E-state index contributed by atoms with van der Waals surface area (Å²) in [4.78, 5) is 16.5. The molecule has 1 aromatic carbocycles. The number of methoxy groups -OCH3 is 1. The number of carbonyl (C=O) groups excluding carboxylic acids is 1. The van der Waals surface area contributed by atoms with Crippen molar-refractivity contribution in [2.75, 3.05) is 46.5 Å². The molecule has 0 saturated carbocycles. The molecule has 0 aliphatic carbocycles. The van der Waals surface area contributed by atoms with Gasteiger partial charge in [0.05, 0.1) is 20.3 Å². The molecule has 0 N–H and O–H groups in total. The first-order chi connectivity index (χ1) is 12.7. The number of ether oxygens (including phenoxy) is 2. The SMILES string of the molecule is COC(=O)CC[C@@H]1CN(Cc2cccc(F)c2)CC[C@@H]1N1CCOCC1. The molecule has 2 aliphatic heterocycles. The molecule has 2 atom stereocenters. The van der Waals surface area contributed by atoms with Gasteiger partial charge >= 0.3 is 5.97 Å². The number of rotatable bonds is 6. The van der Waals surface area contributed by atoms with E-state index < -0.39 is 0 Å². The van der Waals surface area contributed by atoms with Gasteiger partial charge in [-0.15, -0.1) is 0 Å². The van der Waals surface area contributed by atoms with Gasteiger partial charge in [0.2, 0.25) is 0 Å². The zero-order chi connectivity index (χ0) is 18.4. The third kappa shape index (κ3) is 5.25. The van der Waals surface area contributed by atoms with Crippen molar-refractivity contribution in [2.24, 2.45) is 5.92 Å². The molecule has 0 radical (unpaired) electrons. The zero-order valence-corrected chi connectivity index (χ0v) is 15.5. The molecule has 6 heteroatoms. The molecular formula is C20H29FN2O3. The second-order valence-corrected chi connectivity index (χ2v) is 7.24. The normalized spacial score (nSPS) is 25.2. The smallest absolute Gasteiger partial charge is 0.305 e. The average molecular weight is 364 g/mol. The third-order valence-electron chi connectivity index (χ3n) is 5.53. The number of nitrogens with zero attached hydrogens (tertiary/aromatic N) is 2. The largest absolute Gasteiger partial charge is 0.469 e. The van der Waals surface area contributed by atoms with Gasteiger partial charge < -0.3 is 9.47 Å². The highest BCUT2D eigenvalue weighted by molar-refractivity contribution is 5.69. The van der Waals surface area contributed by atoms with Crippen molar-refractivity contribution in [3.05, 3.63) is 35.6 Å². The minimum Gasteiger partial charge on any atom is -0.469 e. The predicted molar refractivity (Wildman–Crippen MR) is 97.2 cm³/mol. The maximum Gasteiger partial charge on any atom is 0.305 e. The molecular weight excluding hydrogens is 335 g/mol. The number of halogens is 1. The van der Waals surface area contributed by atoms with Crippen LogP contribution in [0.3, 0.4) is 0 Å². The van der Waals surface area contributed by atoms with Crippen molar-refractivity contribution in [3.63, 3.8) is 0 Å². The molecule has 0 unspecified atom stereocenters. The number of morpholine rings is 1. The second kappa shape index (κ2) is 9.44. The van der Waals surface area contributed by atoms with E-state index in [1.165, 1.54) is 13.2 Å². The fourth-order valence-corrected chi connectivity index (χ4v) is 4.21. The Balaban J connectivity index is 1.63. The van der Waals surface area contributed by atoms with Crippen LogP contribution in [0.15, 0.2) is 24.3 Å². The Bertz CT molecular complexity index is 592. The molecule has 2 saturated heterocycles. The summed E-state index contributed by atoms with van der Waals surface area (Å²) >= 11 is 0. The fourth-order valence-electron chi connectivity index (χ4n) is 4.21. The van der Waals surface area contributed by atoms with Crippen molar-refractivity contribution < 1.29 is 18.7 Å². The molecule has 1 aromatic rings. The van der Waals surface area contributed by atoms with Gasteiger partial charge in [0.25, 0.3) is 0 Å². The van der Waals surface area contributed by atoms with Crippen LogP contribution in [-0.4, -0.2) is 68.3 Å². The van der Waals surface area contributed by atoms with Crippen LogP contribution in [0.25, 0.3) is 0 Å². The molecule has 5 nitrogen and oxygen atoms in total. The Morgan fingerprint density at radius 3 is 2.85 bits per heavy atom. The van der Waals surface area contributed by atoms with Crippen LogP contribution in [0.1, 0.15) is 24.8 Å². The van der Waals surface area contributed by atoms with E-state index in [4.69, 9.17) is 9.47 Å². The molecule has 0 spiro atoms. The summed E-state index contributed by atoms with van der Waals surface area (Å²) in [6.45, 7) is 6.16. The first-order valence-corrected chi connectivity index (χ1v) is 9.51. The molecule has 26 heavy (non-hydrogen) atoms. The van der Waals surface area contributed by atoms with Crippen LogP contribution in [-0.2, 0) is 20.8 Å². The molecule has 2 fully saturated rings. The van der Waals surface area contributed by atoms with Gasteiger partial charge in [-0.3, -0.25) is 14.6 Å². The van der Waals surface area contributed by atoms with E-state index in [9.17, 15) is 9.18 Å². The second-order valence-electron chi connectivity index (χ2n) is 7.24. The molecule has 3 rings (SSSR count). The summed E-state index contributed by atoms with van der Waals surface area (Å²) in [6, 6.07) is 7.30. The molecule has 0 bridgehead atoms.